The number of carbonyl (C=O) groups excluding carboxylic acids is 2. The van der Waals surface area contributed by atoms with Gasteiger partial charge in [0.05, 0.1) is 22.9 Å². The summed E-state index contributed by atoms with van der Waals surface area (Å²) < 4.78 is 33.0. The summed E-state index contributed by atoms with van der Waals surface area (Å²) in [4.78, 5) is 25.3. The van der Waals surface area contributed by atoms with Gasteiger partial charge in [-0.2, -0.15) is 4.31 Å². The summed E-state index contributed by atoms with van der Waals surface area (Å²) in [6.07, 6.45) is 0.888. The second-order valence-corrected chi connectivity index (χ2v) is 10.6. The molecule has 2 aliphatic heterocycles. The quantitative estimate of drug-likeness (QED) is 0.665. The summed E-state index contributed by atoms with van der Waals surface area (Å²) >= 11 is 1.39. The average molecular weight is 476 g/mol. The normalized spacial score (nSPS) is 17.3. The minimum atomic E-state index is -3.70. The van der Waals surface area contributed by atoms with Crippen LogP contribution in [0.5, 0.6) is 5.75 Å². The van der Waals surface area contributed by atoms with E-state index in [1.807, 2.05) is 6.92 Å². The van der Waals surface area contributed by atoms with Gasteiger partial charge >= 0.3 is 0 Å². The van der Waals surface area contributed by atoms with E-state index in [1.165, 1.54) is 22.1 Å². The topological polar surface area (TPSA) is 105 Å². The highest BCUT2D eigenvalue weighted by atomic mass is 32.2. The molecule has 0 radical (unpaired) electrons. The number of ether oxygens (including phenoxy) is 1. The predicted molar refractivity (Wildman–Crippen MR) is 124 cm³/mol. The third-order valence-corrected chi connectivity index (χ3v) is 8.45. The lowest BCUT2D eigenvalue weighted by atomic mass is 9.97. The molecule has 2 aromatic rings. The highest BCUT2D eigenvalue weighted by Crippen LogP contribution is 2.34. The van der Waals surface area contributed by atoms with Gasteiger partial charge in [-0.25, -0.2) is 8.42 Å². The fourth-order valence-electron chi connectivity index (χ4n) is 3.78. The smallest absolute Gasteiger partial charge is 0.243 e. The van der Waals surface area contributed by atoms with Crippen molar-refractivity contribution in [3.63, 3.8) is 0 Å². The van der Waals surface area contributed by atoms with Gasteiger partial charge in [0.25, 0.3) is 0 Å². The molecule has 2 aliphatic rings. The summed E-state index contributed by atoms with van der Waals surface area (Å²) in [7, 11) is -3.70. The minimum Gasteiger partial charge on any atom is -0.494 e. The molecule has 1 saturated heterocycles. The monoisotopic (exact) mass is 475 g/mol. The second-order valence-electron chi connectivity index (χ2n) is 7.62. The van der Waals surface area contributed by atoms with Crippen LogP contribution in [0, 0.1) is 5.92 Å². The van der Waals surface area contributed by atoms with Gasteiger partial charge in [0, 0.05) is 29.6 Å². The molecule has 2 aromatic carbocycles. The molecular weight excluding hydrogens is 450 g/mol. The molecular formula is C22H25N3O5S2. The molecule has 10 heteroatoms. The molecule has 8 nitrogen and oxygen atoms in total. The van der Waals surface area contributed by atoms with Gasteiger partial charge in [-0.15, -0.1) is 11.8 Å². The Balaban J connectivity index is 1.37. The van der Waals surface area contributed by atoms with Crippen molar-refractivity contribution in [1.29, 1.82) is 0 Å². The lowest BCUT2D eigenvalue weighted by molar-refractivity contribution is -0.121. The highest BCUT2D eigenvalue weighted by molar-refractivity contribution is 8.00. The van der Waals surface area contributed by atoms with Crippen LogP contribution < -0.4 is 15.4 Å². The zero-order valence-electron chi connectivity index (χ0n) is 17.7. The van der Waals surface area contributed by atoms with Crippen LogP contribution in [0.15, 0.2) is 52.3 Å². The maximum absolute atomic E-state index is 13.1. The standard InChI is InChI=1S/C22H25N3O5S2/c1-2-30-17-5-3-16(4-6-17)23-22(27)15-9-11-25(12-10-15)32(28,29)18-7-8-20-19(13-18)24-21(26)14-31-20/h3-8,13,15H,2,9-12,14H2,1H3,(H,23,27)(H,24,26). The van der Waals surface area contributed by atoms with E-state index in [9.17, 15) is 18.0 Å². The first kappa shape index (κ1) is 22.6. The molecule has 4 rings (SSSR count). The van der Waals surface area contributed by atoms with Crippen LogP contribution in [0.1, 0.15) is 19.8 Å². The van der Waals surface area contributed by atoms with E-state index in [4.69, 9.17) is 4.74 Å². The van der Waals surface area contributed by atoms with Gasteiger partial charge in [-0.05, 0) is 62.2 Å². The molecule has 0 unspecified atom stereocenters. The maximum atomic E-state index is 13.1. The third kappa shape index (κ3) is 4.92. The van der Waals surface area contributed by atoms with Crippen LogP contribution in [-0.2, 0) is 19.6 Å². The first-order valence-corrected chi connectivity index (χ1v) is 12.9. The minimum absolute atomic E-state index is 0.111. The number of thioether (sulfide) groups is 1. The van der Waals surface area contributed by atoms with E-state index < -0.39 is 10.0 Å². The van der Waals surface area contributed by atoms with Crippen LogP contribution in [0.2, 0.25) is 0 Å². The molecule has 0 aromatic heterocycles. The molecule has 0 saturated carbocycles. The van der Waals surface area contributed by atoms with Gasteiger partial charge in [-0.3, -0.25) is 9.59 Å². The summed E-state index contributed by atoms with van der Waals surface area (Å²) in [6, 6.07) is 12.0. The SMILES string of the molecule is CCOc1ccc(NC(=O)C2CCN(S(=O)(=O)c3ccc4c(c3)NC(=O)CS4)CC2)cc1. The molecule has 0 spiro atoms. The Morgan fingerprint density at radius 3 is 2.59 bits per heavy atom. The summed E-state index contributed by atoms with van der Waals surface area (Å²) in [5.41, 5.74) is 1.21. The van der Waals surface area contributed by atoms with Gasteiger partial charge in [0.2, 0.25) is 21.8 Å². The van der Waals surface area contributed by atoms with E-state index in [2.05, 4.69) is 10.6 Å². The van der Waals surface area contributed by atoms with E-state index in [0.717, 1.165) is 10.6 Å². The molecule has 32 heavy (non-hydrogen) atoms. The Kier molecular flexibility index (Phi) is 6.73. The fourth-order valence-corrected chi connectivity index (χ4v) is 6.06. The number of piperidine rings is 1. The van der Waals surface area contributed by atoms with Crippen molar-refractivity contribution in [1.82, 2.24) is 4.31 Å². The van der Waals surface area contributed by atoms with Crippen molar-refractivity contribution in [2.45, 2.75) is 29.6 Å². The number of hydrogen-bond acceptors (Lipinski definition) is 6. The Hall–Kier alpha value is -2.56. The van der Waals surface area contributed by atoms with Gasteiger partial charge in [-0.1, -0.05) is 0 Å². The van der Waals surface area contributed by atoms with E-state index >= 15 is 0 Å². The molecule has 0 atom stereocenters. The number of anilines is 2. The fraction of sp³-hybridized carbons (Fsp3) is 0.364. The number of sulfonamides is 1. The van der Waals surface area contributed by atoms with Crippen LogP contribution in [0.4, 0.5) is 11.4 Å². The Morgan fingerprint density at radius 2 is 1.91 bits per heavy atom. The van der Waals surface area contributed by atoms with Gasteiger partial charge < -0.3 is 15.4 Å². The first-order chi connectivity index (χ1) is 15.4. The van der Waals surface area contributed by atoms with Gasteiger partial charge in [0.1, 0.15) is 5.75 Å². The number of fused-ring (bicyclic) bond motifs is 1. The lowest BCUT2D eigenvalue weighted by Gasteiger charge is -2.31. The number of nitrogens with zero attached hydrogens (tertiary/aromatic N) is 1. The summed E-state index contributed by atoms with van der Waals surface area (Å²) in [5, 5.41) is 5.63. The summed E-state index contributed by atoms with van der Waals surface area (Å²) in [6.45, 7) is 3.01. The average Bonchev–Trinajstić information content (AvgIpc) is 2.80. The van der Waals surface area contributed by atoms with Crippen LogP contribution >= 0.6 is 11.8 Å². The Morgan fingerprint density at radius 1 is 1.19 bits per heavy atom. The molecule has 2 amide bonds. The van der Waals surface area contributed by atoms with E-state index in [0.29, 0.717) is 36.6 Å². The largest absolute Gasteiger partial charge is 0.494 e. The highest BCUT2D eigenvalue weighted by Gasteiger charge is 2.33. The van der Waals surface area contributed by atoms with Gasteiger partial charge in [0.15, 0.2) is 0 Å². The lowest BCUT2D eigenvalue weighted by Crippen LogP contribution is -2.41. The van der Waals surface area contributed by atoms with Crippen molar-refractivity contribution in [2.75, 3.05) is 36.1 Å². The first-order valence-electron chi connectivity index (χ1n) is 10.5. The number of amides is 2. The molecule has 2 N–H and O–H groups in total. The van der Waals surface area contributed by atoms with Crippen molar-refractivity contribution in [3.8, 4) is 5.75 Å². The number of carbonyl (C=O) groups is 2. The van der Waals surface area contributed by atoms with Crippen molar-refractivity contribution >= 4 is 45.0 Å². The summed E-state index contributed by atoms with van der Waals surface area (Å²) in [5.74, 6) is 0.554. The number of rotatable bonds is 6. The number of nitrogens with one attached hydrogen (secondary N) is 2. The number of benzene rings is 2. The number of hydrogen-bond donors (Lipinski definition) is 2. The van der Waals surface area contributed by atoms with Crippen LogP contribution in [0.25, 0.3) is 0 Å². The van der Waals surface area contributed by atoms with Crippen molar-refractivity contribution < 1.29 is 22.7 Å². The van der Waals surface area contributed by atoms with E-state index in [-0.39, 0.29) is 35.7 Å². The van der Waals surface area contributed by atoms with Crippen LogP contribution in [0.3, 0.4) is 0 Å². The zero-order valence-corrected chi connectivity index (χ0v) is 19.3. The maximum Gasteiger partial charge on any atom is 0.243 e. The predicted octanol–water partition coefficient (Wildman–Crippen LogP) is 3.17. The molecule has 1 fully saturated rings. The third-order valence-electron chi connectivity index (χ3n) is 5.48. The Labute approximate surface area is 191 Å². The molecule has 170 valence electrons. The van der Waals surface area contributed by atoms with Crippen LogP contribution in [-0.4, -0.2) is 50.0 Å². The second kappa shape index (κ2) is 9.51. The molecule has 0 bridgehead atoms. The molecule has 2 heterocycles. The van der Waals surface area contributed by atoms with E-state index in [1.54, 1.807) is 36.4 Å². The zero-order chi connectivity index (χ0) is 22.7. The van der Waals surface area contributed by atoms with Crippen molar-refractivity contribution in [3.05, 3.63) is 42.5 Å². The Bertz CT molecular complexity index is 1110. The van der Waals surface area contributed by atoms with Crippen molar-refractivity contribution in [2.24, 2.45) is 5.92 Å². The molecule has 0 aliphatic carbocycles.